The molecule has 1 saturated heterocycles. The van der Waals surface area contributed by atoms with Gasteiger partial charge in [-0.2, -0.15) is 0 Å². The molecule has 1 amide bonds. The standard InChI is InChI=1S/C21H25ClN4O3/c1-28-17-11-15-7-10-26(13-16(15)12-18(17)29-2)21(27)14-5-8-25(9-6-14)20-4-3-19(22)23-24-20/h3-4,11-12,14H,5-10,13H2,1-2H3. The van der Waals surface area contributed by atoms with Gasteiger partial charge in [0.05, 0.1) is 14.2 Å². The van der Waals surface area contributed by atoms with Crippen LogP contribution in [0.25, 0.3) is 0 Å². The number of aromatic nitrogens is 2. The summed E-state index contributed by atoms with van der Waals surface area (Å²) in [6, 6.07) is 7.65. The molecule has 1 fully saturated rings. The summed E-state index contributed by atoms with van der Waals surface area (Å²) in [7, 11) is 3.28. The number of anilines is 1. The number of nitrogens with zero attached hydrogens (tertiary/aromatic N) is 4. The number of ether oxygens (including phenoxy) is 2. The van der Waals surface area contributed by atoms with Crippen molar-refractivity contribution in [3.8, 4) is 11.5 Å². The highest BCUT2D eigenvalue weighted by Crippen LogP contribution is 2.34. The van der Waals surface area contributed by atoms with Crippen molar-refractivity contribution in [2.75, 3.05) is 38.8 Å². The first-order chi connectivity index (χ1) is 14.1. The lowest BCUT2D eigenvalue weighted by atomic mass is 9.92. The smallest absolute Gasteiger partial charge is 0.226 e. The zero-order valence-corrected chi connectivity index (χ0v) is 17.5. The van der Waals surface area contributed by atoms with E-state index in [4.69, 9.17) is 21.1 Å². The van der Waals surface area contributed by atoms with E-state index < -0.39 is 0 Å². The second-order valence-corrected chi connectivity index (χ2v) is 7.85. The van der Waals surface area contributed by atoms with Gasteiger partial charge in [-0.15, -0.1) is 10.2 Å². The van der Waals surface area contributed by atoms with E-state index in [0.717, 1.165) is 56.0 Å². The lowest BCUT2D eigenvalue weighted by molar-refractivity contribution is -0.137. The Morgan fingerprint density at radius 3 is 2.34 bits per heavy atom. The molecule has 2 aliphatic rings. The summed E-state index contributed by atoms with van der Waals surface area (Å²) in [4.78, 5) is 17.3. The molecule has 154 valence electrons. The molecule has 1 aromatic carbocycles. The lowest BCUT2D eigenvalue weighted by Crippen LogP contribution is -2.44. The molecule has 3 heterocycles. The van der Waals surface area contributed by atoms with Gasteiger partial charge in [-0.05, 0) is 54.7 Å². The number of rotatable bonds is 4. The minimum atomic E-state index is 0.0493. The van der Waals surface area contributed by atoms with Gasteiger partial charge >= 0.3 is 0 Å². The fourth-order valence-electron chi connectivity index (χ4n) is 4.16. The van der Waals surface area contributed by atoms with Gasteiger partial charge in [-0.3, -0.25) is 4.79 Å². The van der Waals surface area contributed by atoms with Crippen LogP contribution in [-0.4, -0.2) is 54.9 Å². The highest BCUT2D eigenvalue weighted by molar-refractivity contribution is 6.29. The van der Waals surface area contributed by atoms with Gasteiger partial charge in [-0.1, -0.05) is 11.6 Å². The molecule has 0 spiro atoms. The SMILES string of the molecule is COc1cc2c(cc1OC)CN(C(=O)C1CCN(c3ccc(Cl)nn3)CC1)CC2. The molecule has 29 heavy (non-hydrogen) atoms. The Hall–Kier alpha value is -2.54. The van der Waals surface area contributed by atoms with Crippen molar-refractivity contribution in [1.29, 1.82) is 0 Å². The molecule has 8 heteroatoms. The van der Waals surface area contributed by atoms with Crippen LogP contribution in [0.2, 0.25) is 5.15 Å². The minimum Gasteiger partial charge on any atom is -0.493 e. The number of piperidine rings is 1. The third-order valence-electron chi connectivity index (χ3n) is 5.82. The zero-order valence-electron chi connectivity index (χ0n) is 16.7. The largest absolute Gasteiger partial charge is 0.493 e. The highest BCUT2D eigenvalue weighted by atomic mass is 35.5. The minimum absolute atomic E-state index is 0.0493. The van der Waals surface area contributed by atoms with Crippen LogP contribution in [0.5, 0.6) is 11.5 Å². The Kier molecular flexibility index (Phi) is 5.76. The summed E-state index contributed by atoms with van der Waals surface area (Å²) in [6.45, 7) is 2.95. The van der Waals surface area contributed by atoms with Gasteiger partial charge in [0.2, 0.25) is 5.91 Å². The number of carbonyl (C=O) groups excluding carboxylic acids is 1. The Balaban J connectivity index is 1.39. The molecule has 0 bridgehead atoms. The molecular weight excluding hydrogens is 392 g/mol. The first-order valence-corrected chi connectivity index (χ1v) is 10.2. The normalized spacial score (nSPS) is 17.1. The molecule has 0 unspecified atom stereocenters. The van der Waals surface area contributed by atoms with Gasteiger partial charge in [-0.25, -0.2) is 0 Å². The predicted octanol–water partition coefficient (Wildman–Crippen LogP) is 2.95. The van der Waals surface area contributed by atoms with Crippen LogP contribution in [-0.2, 0) is 17.8 Å². The van der Waals surface area contributed by atoms with E-state index in [1.165, 1.54) is 5.56 Å². The van der Waals surface area contributed by atoms with Gasteiger partial charge < -0.3 is 19.3 Å². The van der Waals surface area contributed by atoms with Crippen LogP contribution in [0.1, 0.15) is 24.0 Å². The van der Waals surface area contributed by atoms with Crippen molar-refractivity contribution >= 4 is 23.3 Å². The van der Waals surface area contributed by atoms with Crippen LogP contribution in [0.3, 0.4) is 0 Å². The van der Waals surface area contributed by atoms with Crippen molar-refractivity contribution in [3.05, 3.63) is 40.5 Å². The van der Waals surface area contributed by atoms with Crippen molar-refractivity contribution < 1.29 is 14.3 Å². The monoisotopic (exact) mass is 416 g/mol. The summed E-state index contributed by atoms with van der Waals surface area (Å²) in [5.41, 5.74) is 2.36. The fraction of sp³-hybridized carbons (Fsp3) is 0.476. The number of fused-ring (bicyclic) bond motifs is 1. The molecule has 7 nitrogen and oxygen atoms in total. The Morgan fingerprint density at radius 1 is 1.03 bits per heavy atom. The Labute approximate surface area is 175 Å². The molecule has 2 aromatic rings. The van der Waals surface area contributed by atoms with E-state index in [1.54, 1.807) is 20.3 Å². The summed E-state index contributed by atoms with van der Waals surface area (Å²) in [5, 5.41) is 8.44. The molecule has 0 atom stereocenters. The molecular formula is C21H25ClN4O3. The van der Waals surface area contributed by atoms with Gasteiger partial charge in [0.1, 0.15) is 0 Å². The molecule has 0 N–H and O–H groups in total. The van der Waals surface area contributed by atoms with E-state index in [-0.39, 0.29) is 11.8 Å². The predicted molar refractivity (Wildman–Crippen MR) is 111 cm³/mol. The average Bonchev–Trinajstić information content (AvgIpc) is 2.78. The van der Waals surface area contributed by atoms with Gasteiger partial charge in [0.15, 0.2) is 22.5 Å². The maximum atomic E-state index is 13.1. The van der Waals surface area contributed by atoms with Gasteiger partial charge in [0, 0.05) is 32.1 Å². The first kappa shape index (κ1) is 19.8. The first-order valence-electron chi connectivity index (χ1n) is 9.85. The third kappa shape index (κ3) is 4.10. The topological polar surface area (TPSA) is 67.8 Å². The number of benzene rings is 1. The number of amides is 1. The fourth-order valence-corrected chi connectivity index (χ4v) is 4.26. The Morgan fingerprint density at radius 2 is 1.72 bits per heavy atom. The van der Waals surface area contributed by atoms with Crippen LogP contribution >= 0.6 is 11.6 Å². The van der Waals surface area contributed by atoms with Crippen molar-refractivity contribution in [1.82, 2.24) is 15.1 Å². The van der Waals surface area contributed by atoms with E-state index in [2.05, 4.69) is 15.1 Å². The summed E-state index contributed by atoms with van der Waals surface area (Å²) >= 11 is 5.82. The number of carbonyl (C=O) groups is 1. The van der Waals surface area contributed by atoms with Crippen molar-refractivity contribution in [2.24, 2.45) is 5.92 Å². The zero-order chi connectivity index (χ0) is 20.4. The maximum absolute atomic E-state index is 13.1. The summed E-state index contributed by atoms with van der Waals surface area (Å²) in [6.07, 6.45) is 2.47. The highest BCUT2D eigenvalue weighted by Gasteiger charge is 2.31. The van der Waals surface area contributed by atoms with Crippen LogP contribution in [0.4, 0.5) is 5.82 Å². The van der Waals surface area contributed by atoms with Crippen molar-refractivity contribution in [3.63, 3.8) is 0 Å². The molecule has 0 aliphatic carbocycles. The van der Waals surface area contributed by atoms with Crippen LogP contribution in [0, 0.1) is 5.92 Å². The molecule has 2 aliphatic heterocycles. The van der Waals surface area contributed by atoms with E-state index in [0.29, 0.717) is 17.4 Å². The summed E-state index contributed by atoms with van der Waals surface area (Å²) < 4.78 is 10.8. The lowest BCUT2D eigenvalue weighted by Gasteiger charge is -2.36. The number of hydrogen-bond donors (Lipinski definition) is 0. The maximum Gasteiger partial charge on any atom is 0.226 e. The second-order valence-electron chi connectivity index (χ2n) is 7.46. The molecule has 1 aromatic heterocycles. The van der Waals surface area contributed by atoms with Gasteiger partial charge in [0.25, 0.3) is 0 Å². The quantitative estimate of drug-likeness (QED) is 0.763. The molecule has 0 saturated carbocycles. The Bertz CT molecular complexity index is 882. The van der Waals surface area contributed by atoms with Crippen molar-refractivity contribution in [2.45, 2.75) is 25.8 Å². The van der Waals surface area contributed by atoms with E-state index in [1.807, 2.05) is 23.1 Å². The number of methoxy groups -OCH3 is 2. The van der Waals surface area contributed by atoms with E-state index in [9.17, 15) is 4.79 Å². The third-order valence-corrected chi connectivity index (χ3v) is 6.02. The molecule has 0 radical (unpaired) electrons. The number of halogens is 1. The van der Waals surface area contributed by atoms with Crippen LogP contribution in [0.15, 0.2) is 24.3 Å². The number of hydrogen-bond acceptors (Lipinski definition) is 6. The molecule has 4 rings (SSSR count). The average molecular weight is 417 g/mol. The van der Waals surface area contributed by atoms with E-state index >= 15 is 0 Å². The van der Waals surface area contributed by atoms with Crippen LogP contribution < -0.4 is 14.4 Å². The second kappa shape index (κ2) is 8.45. The summed E-state index contributed by atoms with van der Waals surface area (Å²) in [5.74, 6) is 2.55.